The SMILES string of the molecule is CCCC(CNCC)Oc1ccc(C)cc1OC. The molecule has 0 heterocycles. The normalized spacial score (nSPS) is 12.2. The fourth-order valence-electron chi connectivity index (χ4n) is 1.88. The van der Waals surface area contributed by atoms with Gasteiger partial charge in [-0.15, -0.1) is 0 Å². The third kappa shape index (κ3) is 4.57. The number of rotatable bonds is 8. The van der Waals surface area contributed by atoms with Crippen molar-refractivity contribution in [2.75, 3.05) is 20.2 Å². The van der Waals surface area contributed by atoms with Crippen LogP contribution in [0.3, 0.4) is 0 Å². The average Bonchev–Trinajstić information content (AvgIpc) is 2.38. The maximum absolute atomic E-state index is 6.05. The first-order valence-corrected chi connectivity index (χ1v) is 6.73. The standard InChI is InChI=1S/C15H25NO2/c1-5-7-13(11-16-6-2)18-14-9-8-12(3)10-15(14)17-4/h8-10,13,16H,5-7,11H2,1-4H3. The van der Waals surface area contributed by atoms with Crippen LogP contribution < -0.4 is 14.8 Å². The van der Waals surface area contributed by atoms with Crippen LogP contribution in [0.15, 0.2) is 18.2 Å². The first kappa shape index (κ1) is 14.8. The van der Waals surface area contributed by atoms with Crippen LogP contribution in [0.25, 0.3) is 0 Å². The summed E-state index contributed by atoms with van der Waals surface area (Å²) in [6.07, 6.45) is 2.36. The van der Waals surface area contributed by atoms with Crippen molar-refractivity contribution in [2.24, 2.45) is 0 Å². The number of methoxy groups -OCH3 is 1. The van der Waals surface area contributed by atoms with Gasteiger partial charge in [-0.25, -0.2) is 0 Å². The Balaban J connectivity index is 2.72. The van der Waals surface area contributed by atoms with Crippen LogP contribution in [-0.4, -0.2) is 26.3 Å². The predicted octanol–water partition coefficient (Wildman–Crippen LogP) is 3.16. The number of hydrogen-bond donors (Lipinski definition) is 1. The summed E-state index contributed by atoms with van der Waals surface area (Å²) in [5, 5.41) is 3.34. The van der Waals surface area contributed by atoms with Crippen LogP contribution >= 0.6 is 0 Å². The number of likely N-dealkylation sites (N-methyl/N-ethyl adjacent to an activating group) is 1. The highest BCUT2D eigenvalue weighted by atomic mass is 16.5. The van der Waals surface area contributed by atoms with Gasteiger partial charge in [-0.05, 0) is 37.6 Å². The van der Waals surface area contributed by atoms with Crippen molar-refractivity contribution in [2.45, 2.75) is 39.7 Å². The monoisotopic (exact) mass is 251 g/mol. The zero-order valence-electron chi connectivity index (χ0n) is 12.0. The second kappa shape index (κ2) is 7.98. The molecule has 1 rings (SSSR count). The lowest BCUT2D eigenvalue weighted by atomic mass is 10.2. The molecular weight excluding hydrogens is 226 g/mol. The first-order chi connectivity index (χ1) is 8.71. The third-order valence-corrected chi connectivity index (χ3v) is 2.85. The summed E-state index contributed by atoms with van der Waals surface area (Å²) in [6.45, 7) is 8.18. The topological polar surface area (TPSA) is 30.5 Å². The molecule has 0 aliphatic carbocycles. The van der Waals surface area contributed by atoms with Crippen LogP contribution in [0.4, 0.5) is 0 Å². The lowest BCUT2D eigenvalue weighted by Gasteiger charge is -2.20. The predicted molar refractivity (Wildman–Crippen MR) is 75.6 cm³/mol. The van der Waals surface area contributed by atoms with Gasteiger partial charge in [-0.1, -0.05) is 26.3 Å². The maximum atomic E-state index is 6.05. The van der Waals surface area contributed by atoms with Gasteiger partial charge in [0, 0.05) is 6.54 Å². The molecule has 3 heteroatoms. The third-order valence-electron chi connectivity index (χ3n) is 2.85. The Morgan fingerprint density at radius 3 is 2.61 bits per heavy atom. The van der Waals surface area contributed by atoms with Crippen LogP contribution in [0.1, 0.15) is 32.3 Å². The minimum atomic E-state index is 0.201. The van der Waals surface area contributed by atoms with Gasteiger partial charge in [0.1, 0.15) is 6.10 Å². The van der Waals surface area contributed by atoms with E-state index in [9.17, 15) is 0 Å². The zero-order chi connectivity index (χ0) is 13.4. The van der Waals surface area contributed by atoms with Gasteiger partial charge in [-0.3, -0.25) is 0 Å². The molecule has 1 aromatic rings. The Morgan fingerprint density at radius 1 is 1.22 bits per heavy atom. The molecular formula is C15H25NO2. The van der Waals surface area contributed by atoms with E-state index < -0.39 is 0 Å². The van der Waals surface area contributed by atoms with Gasteiger partial charge in [0.2, 0.25) is 0 Å². The largest absolute Gasteiger partial charge is 0.493 e. The molecule has 0 amide bonds. The first-order valence-electron chi connectivity index (χ1n) is 6.73. The Bertz CT molecular complexity index is 352. The van der Waals surface area contributed by atoms with Gasteiger partial charge in [0.25, 0.3) is 0 Å². The van der Waals surface area contributed by atoms with Crippen LogP contribution in [0.2, 0.25) is 0 Å². The molecule has 3 nitrogen and oxygen atoms in total. The summed E-state index contributed by atoms with van der Waals surface area (Å²) in [4.78, 5) is 0. The van der Waals surface area contributed by atoms with Crippen LogP contribution in [0, 0.1) is 6.92 Å². The molecule has 0 aliphatic rings. The van der Waals surface area contributed by atoms with Crippen molar-refractivity contribution in [1.82, 2.24) is 5.32 Å². The number of benzene rings is 1. The lowest BCUT2D eigenvalue weighted by molar-refractivity contribution is 0.180. The highest BCUT2D eigenvalue weighted by Crippen LogP contribution is 2.29. The van der Waals surface area contributed by atoms with E-state index in [1.165, 1.54) is 5.56 Å². The number of ether oxygens (including phenoxy) is 2. The molecule has 1 atom stereocenters. The molecule has 1 unspecified atom stereocenters. The molecule has 0 bridgehead atoms. The molecule has 0 aromatic heterocycles. The minimum absolute atomic E-state index is 0.201. The second-order valence-corrected chi connectivity index (χ2v) is 4.49. The molecule has 0 radical (unpaired) electrons. The Labute approximate surface area is 110 Å². The van der Waals surface area contributed by atoms with Crippen molar-refractivity contribution in [1.29, 1.82) is 0 Å². The summed E-state index contributed by atoms with van der Waals surface area (Å²) in [7, 11) is 1.68. The van der Waals surface area contributed by atoms with E-state index in [0.717, 1.165) is 37.4 Å². The molecule has 102 valence electrons. The quantitative estimate of drug-likeness (QED) is 0.770. The summed E-state index contributed by atoms with van der Waals surface area (Å²) in [5.41, 5.74) is 1.18. The Kier molecular flexibility index (Phi) is 6.58. The van der Waals surface area contributed by atoms with Gasteiger partial charge in [0.15, 0.2) is 11.5 Å². The molecule has 0 fully saturated rings. The number of hydrogen-bond acceptors (Lipinski definition) is 3. The number of aryl methyl sites for hydroxylation is 1. The van der Waals surface area contributed by atoms with Gasteiger partial charge < -0.3 is 14.8 Å². The van der Waals surface area contributed by atoms with Gasteiger partial charge in [0.05, 0.1) is 7.11 Å². The molecule has 0 saturated heterocycles. The summed E-state index contributed by atoms with van der Waals surface area (Å²) in [5.74, 6) is 1.65. The highest BCUT2D eigenvalue weighted by molar-refractivity contribution is 5.42. The summed E-state index contributed by atoms with van der Waals surface area (Å²) < 4.78 is 11.4. The Hall–Kier alpha value is -1.22. The maximum Gasteiger partial charge on any atom is 0.161 e. The molecule has 1 aromatic carbocycles. The molecule has 0 saturated carbocycles. The molecule has 1 N–H and O–H groups in total. The average molecular weight is 251 g/mol. The van der Waals surface area contributed by atoms with Crippen LogP contribution in [0.5, 0.6) is 11.5 Å². The molecule has 0 aliphatic heterocycles. The second-order valence-electron chi connectivity index (χ2n) is 4.49. The van der Waals surface area contributed by atoms with Crippen molar-refractivity contribution < 1.29 is 9.47 Å². The summed E-state index contributed by atoms with van der Waals surface area (Å²) >= 11 is 0. The zero-order valence-corrected chi connectivity index (χ0v) is 12.0. The fraction of sp³-hybridized carbons (Fsp3) is 0.600. The minimum Gasteiger partial charge on any atom is -0.493 e. The smallest absolute Gasteiger partial charge is 0.161 e. The van der Waals surface area contributed by atoms with Crippen molar-refractivity contribution in [3.05, 3.63) is 23.8 Å². The lowest BCUT2D eigenvalue weighted by Crippen LogP contribution is -2.31. The van der Waals surface area contributed by atoms with Crippen LogP contribution in [-0.2, 0) is 0 Å². The van der Waals surface area contributed by atoms with E-state index in [1.807, 2.05) is 18.2 Å². The van der Waals surface area contributed by atoms with E-state index in [2.05, 4.69) is 26.1 Å². The molecule has 18 heavy (non-hydrogen) atoms. The number of nitrogens with one attached hydrogen (secondary N) is 1. The van der Waals surface area contributed by atoms with E-state index in [4.69, 9.17) is 9.47 Å². The van der Waals surface area contributed by atoms with Crippen molar-refractivity contribution in [3.8, 4) is 11.5 Å². The fourth-order valence-corrected chi connectivity index (χ4v) is 1.88. The van der Waals surface area contributed by atoms with E-state index in [-0.39, 0.29) is 6.10 Å². The molecule has 0 spiro atoms. The van der Waals surface area contributed by atoms with Gasteiger partial charge in [-0.2, -0.15) is 0 Å². The van der Waals surface area contributed by atoms with Gasteiger partial charge >= 0.3 is 0 Å². The van der Waals surface area contributed by atoms with Crippen molar-refractivity contribution in [3.63, 3.8) is 0 Å². The Morgan fingerprint density at radius 2 is 2.00 bits per heavy atom. The summed E-state index contributed by atoms with van der Waals surface area (Å²) in [6, 6.07) is 6.04. The van der Waals surface area contributed by atoms with E-state index >= 15 is 0 Å². The van der Waals surface area contributed by atoms with E-state index in [0.29, 0.717) is 0 Å². The highest BCUT2D eigenvalue weighted by Gasteiger charge is 2.12. The van der Waals surface area contributed by atoms with Crippen molar-refractivity contribution >= 4 is 0 Å². The van der Waals surface area contributed by atoms with E-state index in [1.54, 1.807) is 7.11 Å².